The highest BCUT2D eigenvalue weighted by Crippen LogP contribution is 2.27. The number of ether oxygens (including phenoxy) is 1. The Bertz CT molecular complexity index is 1180. The lowest BCUT2D eigenvalue weighted by Crippen LogP contribution is -2.52. The molecule has 0 aliphatic rings. The van der Waals surface area contributed by atoms with Gasteiger partial charge in [-0.15, -0.1) is 11.3 Å². The highest BCUT2D eigenvalue weighted by atomic mass is 32.1. The third-order valence-corrected chi connectivity index (χ3v) is 7.13. The number of rotatable bonds is 12. The van der Waals surface area contributed by atoms with Crippen LogP contribution in [-0.4, -0.2) is 48.4 Å². The molecule has 0 spiro atoms. The average Bonchev–Trinajstić information content (AvgIpc) is 3.45. The summed E-state index contributed by atoms with van der Waals surface area (Å²) in [5.41, 5.74) is 1.21. The SMILES string of the molecule is CCC(C)(C)NC(=O)[C@@H](c1cccc(OC)c1)N(CCc1ccccc1)C(=O)CNC(=O)c1cccs1. The summed E-state index contributed by atoms with van der Waals surface area (Å²) in [4.78, 5) is 42.0. The number of hydrogen-bond acceptors (Lipinski definition) is 5. The summed E-state index contributed by atoms with van der Waals surface area (Å²) in [5.74, 6) is -0.364. The zero-order valence-corrected chi connectivity index (χ0v) is 22.6. The van der Waals surface area contributed by atoms with Crippen molar-refractivity contribution in [2.24, 2.45) is 0 Å². The van der Waals surface area contributed by atoms with Crippen molar-refractivity contribution in [1.29, 1.82) is 0 Å². The third kappa shape index (κ3) is 7.92. The van der Waals surface area contributed by atoms with Gasteiger partial charge in [-0.3, -0.25) is 14.4 Å². The molecule has 2 N–H and O–H groups in total. The van der Waals surface area contributed by atoms with Crippen molar-refractivity contribution < 1.29 is 19.1 Å². The number of carbonyl (C=O) groups excluding carboxylic acids is 3. The number of nitrogens with one attached hydrogen (secondary N) is 2. The summed E-state index contributed by atoms with van der Waals surface area (Å²) in [6.07, 6.45) is 1.27. The number of thiophene rings is 1. The monoisotopic (exact) mass is 521 g/mol. The molecular weight excluding hydrogens is 486 g/mol. The van der Waals surface area contributed by atoms with Crippen molar-refractivity contribution in [3.63, 3.8) is 0 Å². The predicted molar refractivity (Wildman–Crippen MR) is 147 cm³/mol. The Kier molecular flexibility index (Phi) is 9.85. The molecule has 1 heterocycles. The van der Waals surface area contributed by atoms with Crippen molar-refractivity contribution >= 4 is 29.1 Å². The van der Waals surface area contributed by atoms with Crippen LogP contribution in [-0.2, 0) is 16.0 Å². The Hall–Kier alpha value is -3.65. The molecule has 196 valence electrons. The maximum Gasteiger partial charge on any atom is 0.261 e. The Labute approximate surface area is 222 Å². The Morgan fingerprint density at radius 1 is 1.03 bits per heavy atom. The lowest BCUT2D eigenvalue weighted by molar-refractivity contribution is -0.140. The van der Waals surface area contributed by atoms with E-state index in [0.29, 0.717) is 29.2 Å². The van der Waals surface area contributed by atoms with Crippen molar-refractivity contribution in [3.05, 3.63) is 88.1 Å². The summed E-state index contributed by atoms with van der Waals surface area (Å²) in [6, 6.07) is 19.6. The third-order valence-electron chi connectivity index (χ3n) is 6.26. The average molecular weight is 522 g/mol. The summed E-state index contributed by atoms with van der Waals surface area (Å²) in [6.45, 7) is 5.96. The van der Waals surface area contributed by atoms with Gasteiger partial charge in [0.2, 0.25) is 11.8 Å². The Morgan fingerprint density at radius 2 is 1.78 bits per heavy atom. The first kappa shape index (κ1) is 27.9. The van der Waals surface area contributed by atoms with Crippen LogP contribution in [0.3, 0.4) is 0 Å². The molecule has 3 rings (SSSR count). The van der Waals surface area contributed by atoms with Gasteiger partial charge in [-0.1, -0.05) is 55.5 Å². The van der Waals surface area contributed by atoms with Crippen molar-refractivity contribution in [2.45, 2.75) is 45.2 Å². The largest absolute Gasteiger partial charge is 0.497 e. The van der Waals surface area contributed by atoms with Gasteiger partial charge in [0.1, 0.15) is 11.8 Å². The first-order valence-electron chi connectivity index (χ1n) is 12.3. The van der Waals surface area contributed by atoms with E-state index in [1.165, 1.54) is 11.3 Å². The van der Waals surface area contributed by atoms with Gasteiger partial charge < -0.3 is 20.3 Å². The van der Waals surface area contributed by atoms with Gasteiger partial charge in [0.25, 0.3) is 5.91 Å². The molecule has 3 amide bonds. The van der Waals surface area contributed by atoms with Crippen LogP contribution in [0.2, 0.25) is 0 Å². The van der Waals surface area contributed by atoms with E-state index < -0.39 is 11.6 Å². The minimum atomic E-state index is -0.907. The van der Waals surface area contributed by atoms with E-state index in [2.05, 4.69) is 10.6 Å². The topological polar surface area (TPSA) is 87.7 Å². The van der Waals surface area contributed by atoms with Crippen LogP contribution in [0.15, 0.2) is 72.1 Å². The first-order chi connectivity index (χ1) is 17.7. The van der Waals surface area contributed by atoms with E-state index in [1.807, 2.05) is 62.5 Å². The van der Waals surface area contributed by atoms with Crippen LogP contribution in [0, 0.1) is 0 Å². The fourth-order valence-electron chi connectivity index (χ4n) is 3.82. The molecule has 2 aromatic carbocycles. The molecule has 0 fully saturated rings. The number of amides is 3. The van der Waals surface area contributed by atoms with Crippen LogP contribution in [0.1, 0.15) is 54.0 Å². The molecule has 0 bridgehead atoms. The normalized spacial score (nSPS) is 11.9. The fourth-order valence-corrected chi connectivity index (χ4v) is 4.46. The quantitative estimate of drug-likeness (QED) is 0.365. The van der Waals surface area contributed by atoms with Gasteiger partial charge in [0.15, 0.2) is 0 Å². The molecule has 0 aliphatic heterocycles. The Morgan fingerprint density at radius 3 is 2.43 bits per heavy atom. The standard InChI is InChI=1S/C29H35N3O4S/c1-5-29(2,3)31-28(35)26(22-13-9-14-23(19-22)36-4)32(17-16-21-11-7-6-8-12-21)25(33)20-30-27(34)24-15-10-18-37-24/h6-15,18-19,26H,5,16-17,20H2,1-4H3,(H,30,34)(H,31,35)/t26-/m1/s1. The lowest BCUT2D eigenvalue weighted by Gasteiger charge is -2.35. The molecule has 0 aliphatic carbocycles. The number of benzene rings is 2. The number of nitrogens with zero attached hydrogens (tertiary/aromatic N) is 1. The molecule has 37 heavy (non-hydrogen) atoms. The maximum absolute atomic E-state index is 13.8. The number of hydrogen-bond donors (Lipinski definition) is 2. The van der Waals surface area contributed by atoms with Crippen LogP contribution in [0.5, 0.6) is 5.75 Å². The van der Waals surface area contributed by atoms with Crippen LogP contribution >= 0.6 is 11.3 Å². The highest BCUT2D eigenvalue weighted by Gasteiger charge is 2.34. The molecule has 1 aromatic heterocycles. The maximum atomic E-state index is 13.8. The van der Waals surface area contributed by atoms with E-state index in [4.69, 9.17) is 4.74 Å². The van der Waals surface area contributed by atoms with E-state index in [1.54, 1.807) is 42.3 Å². The summed E-state index contributed by atoms with van der Waals surface area (Å²) in [5, 5.41) is 7.63. The molecule has 8 heteroatoms. The minimum Gasteiger partial charge on any atom is -0.497 e. The fraction of sp³-hybridized carbons (Fsp3) is 0.345. The zero-order valence-electron chi connectivity index (χ0n) is 21.8. The van der Waals surface area contributed by atoms with Crippen molar-refractivity contribution in [2.75, 3.05) is 20.2 Å². The molecular formula is C29H35N3O4S. The van der Waals surface area contributed by atoms with Crippen LogP contribution in [0.25, 0.3) is 0 Å². The van der Waals surface area contributed by atoms with Gasteiger partial charge in [-0.05, 0) is 61.4 Å². The second-order valence-corrected chi connectivity index (χ2v) is 10.3. The van der Waals surface area contributed by atoms with Gasteiger partial charge in [0, 0.05) is 12.1 Å². The minimum absolute atomic E-state index is 0.226. The number of carbonyl (C=O) groups is 3. The summed E-state index contributed by atoms with van der Waals surface area (Å²) in [7, 11) is 1.56. The lowest BCUT2D eigenvalue weighted by atomic mass is 9.98. The Balaban J connectivity index is 1.95. The van der Waals surface area contributed by atoms with Gasteiger partial charge in [-0.25, -0.2) is 0 Å². The van der Waals surface area contributed by atoms with Gasteiger partial charge in [0.05, 0.1) is 18.5 Å². The molecule has 0 unspecified atom stereocenters. The molecule has 0 saturated heterocycles. The highest BCUT2D eigenvalue weighted by molar-refractivity contribution is 7.12. The summed E-state index contributed by atoms with van der Waals surface area (Å²) < 4.78 is 5.41. The molecule has 7 nitrogen and oxygen atoms in total. The van der Waals surface area contributed by atoms with E-state index in [-0.39, 0.29) is 24.3 Å². The first-order valence-corrected chi connectivity index (χ1v) is 13.2. The van der Waals surface area contributed by atoms with E-state index in [0.717, 1.165) is 12.0 Å². The van der Waals surface area contributed by atoms with E-state index >= 15 is 0 Å². The molecule has 1 atom stereocenters. The molecule has 0 saturated carbocycles. The molecule has 3 aromatic rings. The van der Waals surface area contributed by atoms with Crippen LogP contribution in [0.4, 0.5) is 0 Å². The van der Waals surface area contributed by atoms with Crippen LogP contribution < -0.4 is 15.4 Å². The second kappa shape index (κ2) is 13.1. The predicted octanol–water partition coefficient (Wildman–Crippen LogP) is 4.60. The van der Waals surface area contributed by atoms with Crippen molar-refractivity contribution in [3.8, 4) is 5.75 Å². The zero-order chi connectivity index (χ0) is 26.8. The van der Waals surface area contributed by atoms with Crippen molar-refractivity contribution in [1.82, 2.24) is 15.5 Å². The van der Waals surface area contributed by atoms with Gasteiger partial charge >= 0.3 is 0 Å². The number of methoxy groups -OCH3 is 1. The smallest absolute Gasteiger partial charge is 0.261 e. The van der Waals surface area contributed by atoms with Gasteiger partial charge in [-0.2, -0.15) is 0 Å². The summed E-state index contributed by atoms with van der Waals surface area (Å²) >= 11 is 1.30. The van der Waals surface area contributed by atoms with E-state index in [9.17, 15) is 14.4 Å². The molecule has 0 radical (unpaired) electrons. The second-order valence-electron chi connectivity index (χ2n) is 9.39.